The van der Waals surface area contributed by atoms with Crippen LogP contribution in [0.4, 0.5) is 0 Å². The van der Waals surface area contributed by atoms with Crippen molar-refractivity contribution in [2.75, 3.05) is 0 Å². The molecule has 0 radical (unpaired) electrons. The van der Waals surface area contributed by atoms with E-state index >= 15 is 0 Å². The number of hydrogen-bond donors (Lipinski definition) is 3. The number of carboxylic acid groups (broad SMARTS) is 2. The van der Waals surface area contributed by atoms with Crippen molar-refractivity contribution in [1.82, 2.24) is 10.3 Å². The van der Waals surface area contributed by atoms with E-state index in [4.69, 9.17) is 21.8 Å². The SMILES string of the molecule is O=C(O)CCC[C@@H](NC(=O)c1ccc(Cl)nc1)C(=O)O. The lowest BCUT2D eigenvalue weighted by molar-refractivity contribution is -0.140. The minimum absolute atomic E-state index is 0.0361. The van der Waals surface area contributed by atoms with Crippen LogP contribution in [0.3, 0.4) is 0 Å². The van der Waals surface area contributed by atoms with E-state index in [2.05, 4.69) is 10.3 Å². The maximum Gasteiger partial charge on any atom is 0.326 e. The smallest absolute Gasteiger partial charge is 0.326 e. The molecule has 0 fully saturated rings. The summed E-state index contributed by atoms with van der Waals surface area (Å²) in [5.41, 5.74) is 0.180. The Kier molecular flexibility index (Phi) is 5.92. The molecule has 0 saturated carbocycles. The number of halogens is 1. The number of pyridine rings is 1. The fraction of sp³-hybridized carbons (Fsp3) is 0.333. The van der Waals surface area contributed by atoms with Gasteiger partial charge in [-0.3, -0.25) is 9.59 Å². The first-order valence-electron chi connectivity index (χ1n) is 5.77. The molecular weight excluding hydrogens is 288 g/mol. The quantitative estimate of drug-likeness (QED) is 0.651. The Hall–Kier alpha value is -2.15. The molecule has 1 aromatic rings. The van der Waals surface area contributed by atoms with Crippen LogP contribution < -0.4 is 5.32 Å². The first kappa shape index (κ1) is 15.9. The van der Waals surface area contributed by atoms with Crippen LogP contribution in [0.2, 0.25) is 5.15 Å². The molecule has 0 unspecified atom stereocenters. The molecule has 0 aliphatic rings. The lowest BCUT2D eigenvalue weighted by Crippen LogP contribution is -2.40. The molecule has 1 amide bonds. The number of aliphatic carboxylic acids is 2. The number of rotatable bonds is 7. The predicted molar refractivity (Wildman–Crippen MR) is 69.6 cm³/mol. The normalized spacial score (nSPS) is 11.7. The number of hydrogen-bond acceptors (Lipinski definition) is 4. The highest BCUT2D eigenvalue weighted by Crippen LogP contribution is 2.07. The predicted octanol–water partition coefficient (Wildman–Crippen LogP) is 1.17. The van der Waals surface area contributed by atoms with Gasteiger partial charge in [-0.15, -0.1) is 0 Å². The minimum atomic E-state index is -1.22. The van der Waals surface area contributed by atoms with Crippen molar-refractivity contribution in [1.29, 1.82) is 0 Å². The first-order valence-corrected chi connectivity index (χ1v) is 6.15. The number of amides is 1. The van der Waals surface area contributed by atoms with Gasteiger partial charge in [-0.05, 0) is 25.0 Å². The Morgan fingerprint density at radius 1 is 1.30 bits per heavy atom. The average molecular weight is 301 g/mol. The van der Waals surface area contributed by atoms with Crippen LogP contribution in [0.15, 0.2) is 18.3 Å². The summed E-state index contributed by atoms with van der Waals surface area (Å²) in [5, 5.41) is 20.0. The molecule has 1 rings (SSSR count). The zero-order chi connectivity index (χ0) is 15.1. The Balaban J connectivity index is 2.60. The van der Waals surface area contributed by atoms with Crippen molar-refractivity contribution in [3.63, 3.8) is 0 Å². The number of nitrogens with one attached hydrogen (secondary N) is 1. The molecule has 0 bridgehead atoms. The van der Waals surface area contributed by atoms with E-state index in [0.717, 1.165) is 0 Å². The van der Waals surface area contributed by atoms with Gasteiger partial charge in [0.05, 0.1) is 5.56 Å². The molecule has 1 heterocycles. The maximum atomic E-state index is 11.8. The lowest BCUT2D eigenvalue weighted by Gasteiger charge is -2.13. The van der Waals surface area contributed by atoms with Crippen molar-refractivity contribution >= 4 is 29.4 Å². The molecule has 0 aliphatic carbocycles. The van der Waals surface area contributed by atoms with Gasteiger partial charge in [0.15, 0.2) is 0 Å². The molecule has 1 atom stereocenters. The number of nitrogens with zero attached hydrogens (tertiary/aromatic N) is 1. The van der Waals surface area contributed by atoms with Crippen LogP contribution in [0.1, 0.15) is 29.6 Å². The second-order valence-corrected chi connectivity index (χ2v) is 4.41. The van der Waals surface area contributed by atoms with Crippen molar-refractivity contribution in [2.24, 2.45) is 0 Å². The van der Waals surface area contributed by atoms with Crippen LogP contribution in [-0.4, -0.2) is 39.1 Å². The highest BCUT2D eigenvalue weighted by molar-refractivity contribution is 6.29. The molecule has 0 aliphatic heterocycles. The number of carboxylic acids is 2. The van der Waals surface area contributed by atoms with E-state index in [9.17, 15) is 14.4 Å². The van der Waals surface area contributed by atoms with Crippen molar-refractivity contribution in [3.05, 3.63) is 29.0 Å². The van der Waals surface area contributed by atoms with E-state index in [-0.39, 0.29) is 30.0 Å². The molecule has 20 heavy (non-hydrogen) atoms. The van der Waals surface area contributed by atoms with Crippen molar-refractivity contribution < 1.29 is 24.6 Å². The summed E-state index contributed by atoms with van der Waals surface area (Å²) >= 11 is 5.58. The topological polar surface area (TPSA) is 117 Å². The van der Waals surface area contributed by atoms with Gasteiger partial charge in [-0.25, -0.2) is 9.78 Å². The summed E-state index contributed by atoms with van der Waals surface area (Å²) < 4.78 is 0. The van der Waals surface area contributed by atoms with Crippen LogP contribution in [-0.2, 0) is 9.59 Å². The van der Waals surface area contributed by atoms with E-state index in [1.807, 2.05) is 0 Å². The van der Waals surface area contributed by atoms with Gasteiger partial charge >= 0.3 is 11.9 Å². The average Bonchev–Trinajstić information content (AvgIpc) is 2.37. The van der Waals surface area contributed by atoms with Crippen LogP contribution in [0.25, 0.3) is 0 Å². The first-order chi connectivity index (χ1) is 9.40. The second kappa shape index (κ2) is 7.44. The number of carbonyl (C=O) groups excluding carboxylic acids is 1. The fourth-order valence-electron chi connectivity index (χ4n) is 1.47. The number of carbonyl (C=O) groups is 3. The minimum Gasteiger partial charge on any atom is -0.481 e. The Labute approximate surface area is 119 Å². The second-order valence-electron chi connectivity index (χ2n) is 4.02. The zero-order valence-corrected chi connectivity index (χ0v) is 11.1. The molecule has 108 valence electrons. The zero-order valence-electron chi connectivity index (χ0n) is 10.4. The van der Waals surface area contributed by atoms with Gasteiger partial charge in [-0.2, -0.15) is 0 Å². The largest absolute Gasteiger partial charge is 0.481 e. The molecule has 0 aromatic carbocycles. The Morgan fingerprint density at radius 2 is 2.00 bits per heavy atom. The Morgan fingerprint density at radius 3 is 2.50 bits per heavy atom. The van der Waals surface area contributed by atoms with Gasteiger partial charge in [-0.1, -0.05) is 11.6 Å². The van der Waals surface area contributed by atoms with E-state index < -0.39 is 23.9 Å². The monoisotopic (exact) mass is 300 g/mol. The third kappa shape index (κ3) is 5.23. The summed E-state index contributed by atoms with van der Waals surface area (Å²) in [4.78, 5) is 36.9. The van der Waals surface area contributed by atoms with E-state index in [1.165, 1.54) is 18.3 Å². The van der Waals surface area contributed by atoms with Crippen LogP contribution in [0.5, 0.6) is 0 Å². The van der Waals surface area contributed by atoms with E-state index in [1.54, 1.807) is 0 Å². The molecule has 0 saturated heterocycles. The van der Waals surface area contributed by atoms with Crippen LogP contribution >= 0.6 is 11.6 Å². The summed E-state index contributed by atoms with van der Waals surface area (Å²) in [5.74, 6) is -2.83. The summed E-state index contributed by atoms with van der Waals surface area (Å²) in [7, 11) is 0. The number of aromatic nitrogens is 1. The summed E-state index contributed by atoms with van der Waals surface area (Å²) in [6.07, 6.45) is 1.27. The van der Waals surface area contributed by atoms with Gasteiger partial charge in [0, 0.05) is 12.6 Å². The van der Waals surface area contributed by atoms with Crippen LogP contribution in [0, 0.1) is 0 Å². The van der Waals surface area contributed by atoms with Crippen molar-refractivity contribution in [3.8, 4) is 0 Å². The standard InChI is InChI=1S/C12H13ClN2O5/c13-9-5-4-7(6-14-9)11(18)15-8(12(19)20)2-1-3-10(16)17/h4-6,8H,1-3H2,(H,15,18)(H,16,17)(H,19,20)/t8-/m1/s1. The highest BCUT2D eigenvalue weighted by atomic mass is 35.5. The molecule has 7 nitrogen and oxygen atoms in total. The Bertz CT molecular complexity index is 503. The molecule has 8 heteroatoms. The fourth-order valence-corrected chi connectivity index (χ4v) is 1.58. The molecule has 0 spiro atoms. The van der Waals surface area contributed by atoms with E-state index in [0.29, 0.717) is 0 Å². The lowest BCUT2D eigenvalue weighted by atomic mass is 10.1. The van der Waals surface area contributed by atoms with Gasteiger partial charge in [0.2, 0.25) is 0 Å². The molecule has 3 N–H and O–H groups in total. The van der Waals surface area contributed by atoms with Gasteiger partial charge in [0.25, 0.3) is 5.91 Å². The summed E-state index contributed by atoms with van der Waals surface area (Å²) in [6.45, 7) is 0. The third-order valence-electron chi connectivity index (χ3n) is 2.48. The van der Waals surface area contributed by atoms with Crippen molar-refractivity contribution in [2.45, 2.75) is 25.3 Å². The summed E-state index contributed by atoms with van der Waals surface area (Å²) in [6, 6.07) is 1.69. The molecular formula is C12H13ClN2O5. The van der Waals surface area contributed by atoms with Gasteiger partial charge < -0.3 is 15.5 Å². The highest BCUT2D eigenvalue weighted by Gasteiger charge is 2.20. The third-order valence-corrected chi connectivity index (χ3v) is 2.70. The maximum absolute atomic E-state index is 11.8. The van der Waals surface area contributed by atoms with Gasteiger partial charge in [0.1, 0.15) is 11.2 Å². The molecule has 1 aromatic heterocycles.